The highest BCUT2D eigenvalue weighted by molar-refractivity contribution is 7.81. The first-order chi connectivity index (χ1) is 3.62. The number of thiol groups is 1. The molecule has 0 aliphatic carbocycles. The second-order valence-corrected chi connectivity index (χ2v) is 2.39. The monoisotopic (exact) mass is 135 g/mol. The SMILES string of the molecule is CCOC(N)(S)CC. The zero-order valence-corrected chi connectivity index (χ0v) is 6.24. The van der Waals surface area contributed by atoms with Crippen molar-refractivity contribution in [3.05, 3.63) is 0 Å². The first kappa shape index (κ1) is 8.27. The van der Waals surface area contributed by atoms with Gasteiger partial charge in [0.05, 0.1) is 0 Å². The van der Waals surface area contributed by atoms with Gasteiger partial charge in [0.25, 0.3) is 0 Å². The highest BCUT2D eigenvalue weighted by Crippen LogP contribution is 2.11. The lowest BCUT2D eigenvalue weighted by atomic mass is 10.4. The molecule has 0 heterocycles. The predicted molar refractivity (Wildman–Crippen MR) is 37.8 cm³/mol. The normalized spacial score (nSPS) is 18.0. The van der Waals surface area contributed by atoms with Crippen LogP contribution in [0.4, 0.5) is 0 Å². The molecule has 0 radical (unpaired) electrons. The zero-order valence-electron chi connectivity index (χ0n) is 5.35. The molecule has 0 aromatic carbocycles. The molecule has 0 amide bonds. The van der Waals surface area contributed by atoms with E-state index in [0.29, 0.717) is 6.61 Å². The third-order valence-corrected chi connectivity index (χ3v) is 1.35. The summed E-state index contributed by atoms with van der Waals surface area (Å²) in [5.74, 6) is 0. The summed E-state index contributed by atoms with van der Waals surface area (Å²) < 4.78 is 5.02. The van der Waals surface area contributed by atoms with Gasteiger partial charge in [-0.25, -0.2) is 0 Å². The summed E-state index contributed by atoms with van der Waals surface area (Å²) in [7, 11) is 0. The van der Waals surface area contributed by atoms with Crippen molar-refractivity contribution in [2.45, 2.75) is 25.3 Å². The Balaban J connectivity index is 3.37. The Labute approximate surface area is 55.8 Å². The molecule has 0 saturated carbocycles. The van der Waals surface area contributed by atoms with Crippen LogP contribution in [-0.4, -0.2) is 11.7 Å². The molecule has 0 aliphatic rings. The van der Waals surface area contributed by atoms with Crippen molar-refractivity contribution in [3.63, 3.8) is 0 Å². The fourth-order valence-corrected chi connectivity index (χ4v) is 0.481. The maximum absolute atomic E-state index is 5.47. The fraction of sp³-hybridized carbons (Fsp3) is 1.00. The summed E-state index contributed by atoms with van der Waals surface area (Å²) in [4.78, 5) is 0. The van der Waals surface area contributed by atoms with Crippen LogP contribution < -0.4 is 5.73 Å². The average Bonchev–Trinajstić information content (AvgIpc) is 1.67. The van der Waals surface area contributed by atoms with E-state index in [-0.39, 0.29) is 0 Å². The van der Waals surface area contributed by atoms with Crippen molar-refractivity contribution in [2.24, 2.45) is 5.73 Å². The maximum atomic E-state index is 5.47. The van der Waals surface area contributed by atoms with E-state index in [4.69, 9.17) is 10.5 Å². The predicted octanol–water partition coefficient (Wildman–Crippen LogP) is 0.975. The second kappa shape index (κ2) is 3.33. The highest BCUT2D eigenvalue weighted by atomic mass is 32.1. The molecule has 1 unspecified atom stereocenters. The van der Waals surface area contributed by atoms with Crippen LogP contribution in [0.25, 0.3) is 0 Å². The van der Waals surface area contributed by atoms with Crippen molar-refractivity contribution in [1.82, 2.24) is 0 Å². The smallest absolute Gasteiger partial charge is 0.161 e. The molecule has 0 aromatic rings. The minimum absolute atomic E-state index is 0.619. The molecule has 0 saturated heterocycles. The van der Waals surface area contributed by atoms with E-state index in [9.17, 15) is 0 Å². The summed E-state index contributed by atoms with van der Waals surface area (Å²) in [6, 6.07) is 0. The van der Waals surface area contributed by atoms with Crippen LogP contribution >= 0.6 is 12.6 Å². The lowest BCUT2D eigenvalue weighted by Gasteiger charge is -2.20. The number of rotatable bonds is 3. The van der Waals surface area contributed by atoms with Gasteiger partial charge in [0.15, 0.2) is 5.06 Å². The number of hydrogen-bond acceptors (Lipinski definition) is 3. The molecule has 0 bridgehead atoms. The van der Waals surface area contributed by atoms with Gasteiger partial charge in [-0.15, -0.1) is 12.6 Å². The van der Waals surface area contributed by atoms with Crippen LogP contribution in [-0.2, 0) is 4.74 Å². The molecule has 8 heavy (non-hydrogen) atoms. The minimum atomic E-state index is -0.714. The molecule has 3 heteroatoms. The topological polar surface area (TPSA) is 35.2 Å². The summed E-state index contributed by atoms with van der Waals surface area (Å²) in [5.41, 5.74) is 5.47. The summed E-state index contributed by atoms with van der Waals surface area (Å²) in [5, 5.41) is -0.714. The largest absolute Gasteiger partial charge is 0.352 e. The van der Waals surface area contributed by atoms with Crippen LogP contribution in [0.3, 0.4) is 0 Å². The Hall–Kier alpha value is 0.270. The van der Waals surface area contributed by atoms with E-state index in [1.54, 1.807) is 0 Å². The lowest BCUT2D eigenvalue weighted by molar-refractivity contribution is 0.0383. The molecule has 0 spiro atoms. The van der Waals surface area contributed by atoms with Gasteiger partial charge in [0.2, 0.25) is 0 Å². The van der Waals surface area contributed by atoms with E-state index in [1.165, 1.54) is 0 Å². The molecule has 2 N–H and O–H groups in total. The summed E-state index contributed by atoms with van der Waals surface area (Å²) in [6.07, 6.45) is 0.726. The standard InChI is InChI=1S/C5H13NOS/c1-3-5(6,8)7-4-2/h8H,3-4,6H2,1-2H3. The highest BCUT2D eigenvalue weighted by Gasteiger charge is 2.14. The van der Waals surface area contributed by atoms with Gasteiger partial charge in [-0.2, -0.15) is 0 Å². The maximum Gasteiger partial charge on any atom is 0.161 e. The van der Waals surface area contributed by atoms with Gasteiger partial charge < -0.3 is 4.74 Å². The number of nitrogens with two attached hydrogens (primary N) is 1. The van der Waals surface area contributed by atoms with Crippen molar-refractivity contribution >= 4 is 12.6 Å². The molecular formula is C5H13NOS. The van der Waals surface area contributed by atoms with Crippen molar-refractivity contribution in [1.29, 1.82) is 0 Å². The number of hydrogen-bond donors (Lipinski definition) is 2. The van der Waals surface area contributed by atoms with Gasteiger partial charge in [-0.1, -0.05) is 6.92 Å². The van der Waals surface area contributed by atoms with Crippen LogP contribution in [0.2, 0.25) is 0 Å². The summed E-state index contributed by atoms with van der Waals surface area (Å²) in [6.45, 7) is 4.45. The average molecular weight is 135 g/mol. The Morgan fingerprint density at radius 3 is 2.25 bits per heavy atom. The zero-order chi connectivity index (χ0) is 6.62. The molecule has 50 valence electrons. The van der Waals surface area contributed by atoms with E-state index < -0.39 is 5.06 Å². The lowest BCUT2D eigenvalue weighted by Crippen LogP contribution is -2.35. The molecule has 2 nitrogen and oxygen atoms in total. The molecule has 0 aliphatic heterocycles. The van der Waals surface area contributed by atoms with E-state index in [0.717, 1.165) is 6.42 Å². The van der Waals surface area contributed by atoms with Crippen LogP contribution in [0.5, 0.6) is 0 Å². The van der Waals surface area contributed by atoms with Gasteiger partial charge in [-0.3, -0.25) is 5.73 Å². The molecule has 0 fully saturated rings. The van der Waals surface area contributed by atoms with Crippen LogP contribution in [0.1, 0.15) is 20.3 Å². The quantitative estimate of drug-likeness (QED) is 0.447. The Morgan fingerprint density at radius 1 is 1.62 bits per heavy atom. The van der Waals surface area contributed by atoms with Crippen molar-refractivity contribution in [3.8, 4) is 0 Å². The first-order valence-corrected chi connectivity index (χ1v) is 3.22. The van der Waals surface area contributed by atoms with E-state index >= 15 is 0 Å². The molecule has 0 rings (SSSR count). The number of ether oxygens (including phenoxy) is 1. The van der Waals surface area contributed by atoms with Gasteiger partial charge in [-0.05, 0) is 13.3 Å². The van der Waals surface area contributed by atoms with E-state index in [2.05, 4.69) is 12.6 Å². The Kier molecular flexibility index (Phi) is 3.44. The van der Waals surface area contributed by atoms with Crippen molar-refractivity contribution in [2.75, 3.05) is 6.61 Å². The first-order valence-electron chi connectivity index (χ1n) is 2.77. The molecule has 0 aromatic heterocycles. The van der Waals surface area contributed by atoms with E-state index in [1.807, 2.05) is 13.8 Å². The Morgan fingerprint density at radius 2 is 2.12 bits per heavy atom. The minimum Gasteiger partial charge on any atom is -0.352 e. The van der Waals surface area contributed by atoms with Crippen molar-refractivity contribution < 1.29 is 4.74 Å². The Bertz CT molecular complexity index is 65.4. The second-order valence-electron chi connectivity index (χ2n) is 1.63. The van der Waals surface area contributed by atoms with Gasteiger partial charge in [0, 0.05) is 6.61 Å². The van der Waals surface area contributed by atoms with Crippen LogP contribution in [0.15, 0.2) is 0 Å². The third kappa shape index (κ3) is 3.29. The molecule has 1 atom stereocenters. The summed E-state index contributed by atoms with van der Waals surface area (Å²) >= 11 is 4.02. The third-order valence-electron chi connectivity index (χ3n) is 0.901. The fourth-order valence-electron chi connectivity index (χ4n) is 0.352. The molecular weight excluding hydrogens is 122 g/mol. The van der Waals surface area contributed by atoms with Gasteiger partial charge in [0.1, 0.15) is 0 Å². The van der Waals surface area contributed by atoms with Gasteiger partial charge >= 0.3 is 0 Å². The van der Waals surface area contributed by atoms with Crippen LogP contribution in [0, 0.1) is 0 Å².